The number of hydrogen-bond donors (Lipinski definition) is 1. The lowest BCUT2D eigenvalue weighted by molar-refractivity contribution is -0.386. The number of aromatic nitrogens is 2. The van der Waals surface area contributed by atoms with Crippen LogP contribution in [0.3, 0.4) is 0 Å². The number of nitrogens with one attached hydrogen (secondary N) is 1. The van der Waals surface area contributed by atoms with Crippen molar-refractivity contribution in [3.05, 3.63) is 56.9 Å². The van der Waals surface area contributed by atoms with E-state index in [1.54, 1.807) is 32.0 Å². The van der Waals surface area contributed by atoms with Gasteiger partial charge in [-0.05, 0) is 32.0 Å². The third-order valence-corrected chi connectivity index (χ3v) is 3.39. The number of rotatable bonds is 5. The molecule has 0 atom stereocenters. The molecule has 1 N–H and O–H groups in total. The lowest BCUT2D eigenvalue weighted by Gasteiger charge is -2.06. The Morgan fingerprint density at radius 1 is 1.48 bits per heavy atom. The summed E-state index contributed by atoms with van der Waals surface area (Å²) >= 11 is 0. The molecular weight excluding hydrogens is 298 g/mol. The molecule has 23 heavy (non-hydrogen) atoms. The van der Waals surface area contributed by atoms with E-state index in [9.17, 15) is 14.9 Å². The molecule has 0 bridgehead atoms. The fraction of sp³-hybridized carbons (Fsp3) is 0.267. The van der Waals surface area contributed by atoms with Crippen LogP contribution in [-0.2, 0) is 6.54 Å². The minimum atomic E-state index is -0.458. The number of benzene rings is 1. The van der Waals surface area contributed by atoms with Gasteiger partial charge in [0.2, 0.25) is 0 Å². The van der Waals surface area contributed by atoms with E-state index in [2.05, 4.69) is 10.4 Å². The molecule has 0 saturated carbocycles. The zero-order valence-corrected chi connectivity index (χ0v) is 12.7. The minimum Gasteiger partial charge on any atom is -0.350 e. The van der Waals surface area contributed by atoms with Crippen LogP contribution in [0.2, 0.25) is 0 Å². The van der Waals surface area contributed by atoms with E-state index in [0.717, 1.165) is 0 Å². The highest BCUT2D eigenvalue weighted by Crippen LogP contribution is 2.21. The summed E-state index contributed by atoms with van der Waals surface area (Å²) in [5, 5.41) is 26.6. The average molecular weight is 313 g/mol. The smallest absolute Gasteiger partial charge is 0.312 e. The number of nitrogens with zero attached hydrogens (tertiary/aromatic N) is 4. The molecule has 0 radical (unpaired) electrons. The van der Waals surface area contributed by atoms with Crippen LogP contribution in [0.1, 0.15) is 27.3 Å². The molecule has 8 nitrogen and oxygen atoms in total. The van der Waals surface area contributed by atoms with Gasteiger partial charge in [-0.25, -0.2) is 0 Å². The van der Waals surface area contributed by atoms with E-state index in [1.807, 2.05) is 6.07 Å². The van der Waals surface area contributed by atoms with Crippen molar-refractivity contribution in [2.75, 3.05) is 6.54 Å². The van der Waals surface area contributed by atoms with Gasteiger partial charge in [-0.2, -0.15) is 10.4 Å². The molecule has 118 valence electrons. The van der Waals surface area contributed by atoms with Gasteiger partial charge in [0.05, 0.1) is 23.1 Å². The molecule has 0 unspecified atom stereocenters. The fourth-order valence-corrected chi connectivity index (χ4v) is 2.28. The summed E-state index contributed by atoms with van der Waals surface area (Å²) in [7, 11) is 0. The summed E-state index contributed by atoms with van der Waals surface area (Å²) in [5.41, 5.74) is 1.60. The summed E-state index contributed by atoms with van der Waals surface area (Å²) in [6.07, 6.45) is 0. The number of nitro groups is 1. The van der Waals surface area contributed by atoms with Crippen molar-refractivity contribution in [1.82, 2.24) is 15.1 Å². The Labute approximate surface area is 132 Å². The SMILES string of the molecule is Cc1nn(CCNC(=O)c2cccc(C#N)c2)c(C)c1[N+](=O)[O-]. The van der Waals surface area contributed by atoms with Crippen LogP contribution in [-0.4, -0.2) is 27.2 Å². The molecule has 0 aliphatic carbocycles. The highest BCUT2D eigenvalue weighted by molar-refractivity contribution is 5.94. The Bertz CT molecular complexity index is 804. The number of aryl methyl sites for hydroxylation is 1. The lowest BCUT2D eigenvalue weighted by atomic mass is 10.1. The van der Waals surface area contributed by atoms with Crippen LogP contribution in [0.4, 0.5) is 5.69 Å². The monoisotopic (exact) mass is 313 g/mol. The number of hydrogen-bond acceptors (Lipinski definition) is 5. The minimum absolute atomic E-state index is 0.00181. The molecule has 0 aliphatic heterocycles. The number of carbonyl (C=O) groups is 1. The fourth-order valence-electron chi connectivity index (χ4n) is 2.28. The summed E-state index contributed by atoms with van der Waals surface area (Å²) in [5.74, 6) is -0.307. The largest absolute Gasteiger partial charge is 0.350 e. The van der Waals surface area contributed by atoms with Crippen molar-refractivity contribution in [2.24, 2.45) is 0 Å². The molecule has 1 heterocycles. The summed E-state index contributed by atoms with van der Waals surface area (Å²) < 4.78 is 1.50. The van der Waals surface area contributed by atoms with E-state index in [0.29, 0.717) is 29.1 Å². The molecule has 2 aromatic rings. The van der Waals surface area contributed by atoms with E-state index in [4.69, 9.17) is 5.26 Å². The van der Waals surface area contributed by atoms with Crippen molar-refractivity contribution >= 4 is 11.6 Å². The Morgan fingerprint density at radius 2 is 2.22 bits per heavy atom. The van der Waals surface area contributed by atoms with Crippen LogP contribution in [0.25, 0.3) is 0 Å². The highest BCUT2D eigenvalue weighted by atomic mass is 16.6. The van der Waals surface area contributed by atoms with Gasteiger partial charge in [0.25, 0.3) is 5.91 Å². The van der Waals surface area contributed by atoms with Crippen molar-refractivity contribution in [2.45, 2.75) is 20.4 Å². The first-order valence-corrected chi connectivity index (χ1v) is 6.90. The standard InChI is InChI=1S/C15H15N5O3/c1-10-14(20(22)23)11(2)19(18-10)7-6-17-15(21)13-5-3-4-12(8-13)9-16/h3-5,8H,6-7H2,1-2H3,(H,17,21). The van der Waals surface area contributed by atoms with Gasteiger partial charge >= 0.3 is 5.69 Å². The number of nitriles is 1. The van der Waals surface area contributed by atoms with Crippen molar-refractivity contribution in [1.29, 1.82) is 5.26 Å². The van der Waals surface area contributed by atoms with Gasteiger partial charge in [0, 0.05) is 12.1 Å². The van der Waals surface area contributed by atoms with Gasteiger partial charge in [0.15, 0.2) is 0 Å². The zero-order valence-electron chi connectivity index (χ0n) is 12.7. The summed E-state index contributed by atoms with van der Waals surface area (Å²) in [6, 6.07) is 8.35. The second-order valence-electron chi connectivity index (χ2n) is 4.95. The maximum Gasteiger partial charge on any atom is 0.312 e. The van der Waals surface area contributed by atoms with E-state index in [1.165, 1.54) is 10.7 Å². The van der Waals surface area contributed by atoms with Crippen LogP contribution in [0.5, 0.6) is 0 Å². The Balaban J connectivity index is 2.00. The Kier molecular flexibility index (Phi) is 4.71. The molecule has 1 aromatic heterocycles. The first-order valence-electron chi connectivity index (χ1n) is 6.90. The van der Waals surface area contributed by atoms with Gasteiger partial charge in [0.1, 0.15) is 11.4 Å². The van der Waals surface area contributed by atoms with Gasteiger partial charge in [-0.1, -0.05) is 6.07 Å². The topological polar surface area (TPSA) is 114 Å². The van der Waals surface area contributed by atoms with Crippen molar-refractivity contribution < 1.29 is 9.72 Å². The van der Waals surface area contributed by atoms with Crippen molar-refractivity contribution in [3.8, 4) is 6.07 Å². The molecule has 0 aliphatic rings. The quantitative estimate of drug-likeness (QED) is 0.666. The van der Waals surface area contributed by atoms with E-state index in [-0.39, 0.29) is 18.1 Å². The third kappa shape index (κ3) is 3.52. The molecule has 1 amide bonds. The molecule has 2 rings (SSSR count). The molecule has 0 saturated heterocycles. The second-order valence-corrected chi connectivity index (χ2v) is 4.95. The highest BCUT2D eigenvalue weighted by Gasteiger charge is 2.21. The van der Waals surface area contributed by atoms with Crippen LogP contribution >= 0.6 is 0 Å². The first-order chi connectivity index (χ1) is 10.9. The summed E-state index contributed by atoms with van der Waals surface area (Å²) in [4.78, 5) is 22.5. The van der Waals surface area contributed by atoms with Gasteiger partial charge < -0.3 is 5.32 Å². The maximum atomic E-state index is 12.0. The molecule has 0 fully saturated rings. The molecule has 0 spiro atoms. The Hall–Kier alpha value is -3.21. The van der Waals surface area contributed by atoms with Crippen LogP contribution in [0.15, 0.2) is 24.3 Å². The number of carbonyl (C=O) groups excluding carboxylic acids is 1. The van der Waals surface area contributed by atoms with Crippen LogP contribution < -0.4 is 5.32 Å². The normalized spacial score (nSPS) is 10.1. The predicted molar refractivity (Wildman–Crippen MR) is 81.8 cm³/mol. The summed E-state index contributed by atoms with van der Waals surface area (Å²) in [6.45, 7) is 3.79. The Morgan fingerprint density at radius 3 is 2.83 bits per heavy atom. The maximum absolute atomic E-state index is 12.0. The molecule has 1 aromatic carbocycles. The van der Waals surface area contributed by atoms with E-state index >= 15 is 0 Å². The second kappa shape index (κ2) is 6.70. The van der Waals surface area contributed by atoms with Crippen molar-refractivity contribution in [3.63, 3.8) is 0 Å². The van der Waals surface area contributed by atoms with E-state index < -0.39 is 4.92 Å². The lowest BCUT2D eigenvalue weighted by Crippen LogP contribution is -2.27. The number of amides is 1. The average Bonchev–Trinajstić information content (AvgIpc) is 2.81. The van der Waals surface area contributed by atoms with Gasteiger partial charge in [-0.15, -0.1) is 0 Å². The molecule has 8 heteroatoms. The predicted octanol–water partition coefficient (Wildman–Crippen LogP) is 1.71. The zero-order chi connectivity index (χ0) is 17.0. The van der Waals surface area contributed by atoms with Gasteiger partial charge in [-0.3, -0.25) is 19.6 Å². The molecular formula is C15H15N5O3. The van der Waals surface area contributed by atoms with Crippen LogP contribution in [0, 0.1) is 35.3 Å². The third-order valence-electron chi connectivity index (χ3n) is 3.39. The first kappa shape index (κ1) is 16.2.